The normalized spacial score (nSPS) is 14.5. The van der Waals surface area contributed by atoms with E-state index in [1.54, 1.807) is 19.2 Å². The van der Waals surface area contributed by atoms with Crippen LogP contribution in [-0.2, 0) is 0 Å². The van der Waals surface area contributed by atoms with Gasteiger partial charge in [0.15, 0.2) is 0 Å². The summed E-state index contributed by atoms with van der Waals surface area (Å²) < 4.78 is 18.6. The molecule has 3 heteroatoms. The minimum atomic E-state index is -0.223. The standard InChI is InChI=1S/C16H26FNO/c1-11(2)6-7-12(3)18-13(4)15-10-14(17)8-9-16(15)19-5/h8-13,18H,6-7H2,1-5H3. The Hall–Kier alpha value is -1.09. The van der Waals surface area contributed by atoms with E-state index in [0.29, 0.717) is 12.0 Å². The van der Waals surface area contributed by atoms with E-state index in [9.17, 15) is 4.39 Å². The van der Waals surface area contributed by atoms with Crippen molar-refractivity contribution in [3.63, 3.8) is 0 Å². The second-order valence-corrected chi connectivity index (χ2v) is 5.65. The molecule has 108 valence electrons. The molecule has 0 aromatic heterocycles. The molecule has 0 saturated heterocycles. The van der Waals surface area contributed by atoms with E-state index in [1.807, 2.05) is 6.92 Å². The maximum atomic E-state index is 13.4. The van der Waals surface area contributed by atoms with E-state index in [4.69, 9.17) is 4.74 Å². The van der Waals surface area contributed by atoms with E-state index in [-0.39, 0.29) is 11.9 Å². The average molecular weight is 267 g/mol. The SMILES string of the molecule is COc1ccc(F)cc1C(C)NC(C)CCC(C)C. The summed E-state index contributed by atoms with van der Waals surface area (Å²) in [6.07, 6.45) is 2.32. The van der Waals surface area contributed by atoms with Crippen LogP contribution in [0.15, 0.2) is 18.2 Å². The third-order valence-corrected chi connectivity index (χ3v) is 3.37. The van der Waals surface area contributed by atoms with Crippen LogP contribution in [0.2, 0.25) is 0 Å². The van der Waals surface area contributed by atoms with Gasteiger partial charge in [-0.05, 0) is 50.8 Å². The van der Waals surface area contributed by atoms with Gasteiger partial charge in [-0.25, -0.2) is 4.39 Å². The van der Waals surface area contributed by atoms with Crippen molar-refractivity contribution in [3.05, 3.63) is 29.6 Å². The van der Waals surface area contributed by atoms with Crippen LogP contribution in [0.1, 0.15) is 52.1 Å². The Morgan fingerprint density at radius 1 is 1.16 bits per heavy atom. The number of rotatable bonds is 7. The Balaban J connectivity index is 2.66. The minimum absolute atomic E-state index is 0.0767. The summed E-state index contributed by atoms with van der Waals surface area (Å²) in [7, 11) is 1.62. The predicted molar refractivity (Wildman–Crippen MR) is 78.0 cm³/mol. The fourth-order valence-electron chi connectivity index (χ4n) is 2.23. The molecule has 0 saturated carbocycles. The van der Waals surface area contributed by atoms with Gasteiger partial charge >= 0.3 is 0 Å². The quantitative estimate of drug-likeness (QED) is 0.795. The number of nitrogens with one attached hydrogen (secondary N) is 1. The number of hydrogen-bond acceptors (Lipinski definition) is 2. The maximum absolute atomic E-state index is 13.4. The maximum Gasteiger partial charge on any atom is 0.123 e. The van der Waals surface area contributed by atoms with Gasteiger partial charge in [-0.1, -0.05) is 13.8 Å². The van der Waals surface area contributed by atoms with Crippen molar-refractivity contribution in [2.45, 2.75) is 52.6 Å². The first-order valence-corrected chi connectivity index (χ1v) is 7.03. The second kappa shape index (κ2) is 7.49. The molecule has 2 unspecified atom stereocenters. The van der Waals surface area contributed by atoms with E-state index >= 15 is 0 Å². The minimum Gasteiger partial charge on any atom is -0.496 e. The molecule has 0 heterocycles. The van der Waals surface area contributed by atoms with E-state index < -0.39 is 0 Å². The highest BCUT2D eigenvalue weighted by molar-refractivity contribution is 5.36. The summed E-state index contributed by atoms with van der Waals surface area (Å²) in [5.41, 5.74) is 0.874. The van der Waals surface area contributed by atoms with Crippen molar-refractivity contribution in [2.24, 2.45) is 5.92 Å². The Kier molecular flexibility index (Phi) is 6.29. The molecule has 0 bridgehead atoms. The van der Waals surface area contributed by atoms with Gasteiger partial charge in [0.2, 0.25) is 0 Å². The van der Waals surface area contributed by atoms with E-state index in [1.165, 1.54) is 12.5 Å². The summed E-state index contributed by atoms with van der Waals surface area (Å²) >= 11 is 0. The van der Waals surface area contributed by atoms with Gasteiger partial charge in [-0.3, -0.25) is 0 Å². The number of halogens is 1. The molecule has 0 spiro atoms. The van der Waals surface area contributed by atoms with Crippen LogP contribution in [0.5, 0.6) is 5.75 Å². The van der Waals surface area contributed by atoms with Crippen molar-refractivity contribution in [1.82, 2.24) is 5.32 Å². The summed E-state index contributed by atoms with van der Waals surface area (Å²) in [5, 5.41) is 3.51. The molecule has 0 amide bonds. The molecule has 1 aromatic rings. The second-order valence-electron chi connectivity index (χ2n) is 5.65. The highest BCUT2D eigenvalue weighted by Gasteiger charge is 2.15. The van der Waals surface area contributed by atoms with Gasteiger partial charge in [0.25, 0.3) is 0 Å². The van der Waals surface area contributed by atoms with Crippen LogP contribution in [0, 0.1) is 11.7 Å². The molecule has 0 fully saturated rings. The van der Waals surface area contributed by atoms with Gasteiger partial charge in [-0.2, -0.15) is 0 Å². The van der Waals surface area contributed by atoms with Gasteiger partial charge in [-0.15, -0.1) is 0 Å². The highest BCUT2D eigenvalue weighted by atomic mass is 19.1. The molecule has 2 atom stereocenters. The number of methoxy groups -OCH3 is 1. The lowest BCUT2D eigenvalue weighted by Crippen LogP contribution is -2.29. The zero-order valence-electron chi connectivity index (χ0n) is 12.7. The summed E-state index contributed by atoms with van der Waals surface area (Å²) in [6.45, 7) is 8.67. The van der Waals surface area contributed by atoms with Gasteiger partial charge in [0, 0.05) is 17.6 Å². The summed E-state index contributed by atoms with van der Waals surface area (Å²) in [5.74, 6) is 1.22. The van der Waals surface area contributed by atoms with Crippen molar-refractivity contribution in [2.75, 3.05) is 7.11 Å². The Bertz CT molecular complexity index is 392. The molecule has 19 heavy (non-hydrogen) atoms. The van der Waals surface area contributed by atoms with Crippen molar-refractivity contribution >= 4 is 0 Å². The van der Waals surface area contributed by atoms with Crippen LogP contribution in [-0.4, -0.2) is 13.2 Å². The number of ether oxygens (including phenoxy) is 1. The topological polar surface area (TPSA) is 21.3 Å². The molecule has 1 rings (SSSR count). The van der Waals surface area contributed by atoms with Crippen molar-refractivity contribution in [3.8, 4) is 5.75 Å². The molecular formula is C16H26FNO. The predicted octanol–water partition coefficient (Wildman–Crippen LogP) is 4.31. The number of hydrogen-bond donors (Lipinski definition) is 1. The Labute approximate surface area is 116 Å². The highest BCUT2D eigenvalue weighted by Crippen LogP contribution is 2.26. The van der Waals surface area contributed by atoms with Crippen LogP contribution in [0.3, 0.4) is 0 Å². The largest absolute Gasteiger partial charge is 0.496 e. The van der Waals surface area contributed by atoms with Gasteiger partial charge < -0.3 is 10.1 Å². The van der Waals surface area contributed by atoms with Gasteiger partial charge in [0.1, 0.15) is 11.6 Å². The third-order valence-electron chi connectivity index (χ3n) is 3.37. The fourth-order valence-corrected chi connectivity index (χ4v) is 2.23. The smallest absolute Gasteiger partial charge is 0.123 e. The van der Waals surface area contributed by atoms with Crippen LogP contribution in [0.4, 0.5) is 4.39 Å². The van der Waals surface area contributed by atoms with E-state index in [2.05, 4.69) is 26.1 Å². The zero-order chi connectivity index (χ0) is 14.4. The molecule has 1 N–H and O–H groups in total. The Morgan fingerprint density at radius 3 is 2.42 bits per heavy atom. The van der Waals surface area contributed by atoms with E-state index in [0.717, 1.165) is 17.7 Å². The summed E-state index contributed by atoms with van der Waals surface area (Å²) in [6, 6.07) is 5.14. The van der Waals surface area contributed by atoms with Crippen molar-refractivity contribution < 1.29 is 9.13 Å². The average Bonchev–Trinajstić information content (AvgIpc) is 2.36. The first-order valence-electron chi connectivity index (χ1n) is 7.03. The lowest BCUT2D eigenvalue weighted by Gasteiger charge is -2.22. The van der Waals surface area contributed by atoms with Crippen molar-refractivity contribution in [1.29, 1.82) is 0 Å². The first kappa shape index (κ1) is 16.0. The monoisotopic (exact) mass is 267 g/mol. The molecule has 0 aliphatic rings. The van der Waals surface area contributed by atoms with Crippen LogP contribution in [0.25, 0.3) is 0 Å². The molecule has 0 radical (unpaired) electrons. The molecular weight excluding hydrogens is 241 g/mol. The van der Waals surface area contributed by atoms with Gasteiger partial charge in [0.05, 0.1) is 7.11 Å². The third kappa shape index (κ3) is 5.19. The lowest BCUT2D eigenvalue weighted by molar-refractivity contribution is 0.383. The molecule has 1 aromatic carbocycles. The molecule has 0 aliphatic heterocycles. The summed E-state index contributed by atoms with van der Waals surface area (Å²) in [4.78, 5) is 0. The molecule has 2 nitrogen and oxygen atoms in total. The lowest BCUT2D eigenvalue weighted by atomic mass is 10.0. The fraction of sp³-hybridized carbons (Fsp3) is 0.625. The van der Waals surface area contributed by atoms with Crippen LogP contribution >= 0.6 is 0 Å². The van der Waals surface area contributed by atoms with Crippen LogP contribution < -0.4 is 10.1 Å². The first-order chi connectivity index (χ1) is 8.93. The number of benzene rings is 1. The molecule has 0 aliphatic carbocycles. The zero-order valence-corrected chi connectivity index (χ0v) is 12.7. The Morgan fingerprint density at radius 2 is 1.84 bits per heavy atom.